The van der Waals surface area contributed by atoms with E-state index in [9.17, 15) is 4.79 Å². The van der Waals surface area contributed by atoms with Gasteiger partial charge in [0.15, 0.2) is 0 Å². The lowest BCUT2D eigenvalue weighted by Gasteiger charge is -2.35. The number of ether oxygens (including phenoxy) is 1. The smallest absolute Gasteiger partial charge is 0.335 e. The predicted molar refractivity (Wildman–Crippen MR) is 78.0 cm³/mol. The SMILES string of the molecule is CCN(c1cc(Br)cc(C(=O)O)c1)C1CCOCC1. The molecule has 0 unspecified atom stereocenters. The third-order valence-corrected chi connectivity index (χ3v) is 3.89. The summed E-state index contributed by atoms with van der Waals surface area (Å²) in [5, 5.41) is 9.14. The number of nitrogens with zero attached hydrogens (tertiary/aromatic N) is 1. The van der Waals surface area contributed by atoms with Crippen LogP contribution in [0.15, 0.2) is 22.7 Å². The highest BCUT2D eigenvalue weighted by atomic mass is 79.9. The number of rotatable bonds is 4. The van der Waals surface area contributed by atoms with Gasteiger partial charge in [-0.3, -0.25) is 0 Å². The molecule has 1 heterocycles. The molecule has 4 nitrogen and oxygen atoms in total. The molecule has 2 rings (SSSR count). The van der Waals surface area contributed by atoms with Crippen LogP contribution in [0.4, 0.5) is 5.69 Å². The molecular weight excluding hydrogens is 310 g/mol. The minimum Gasteiger partial charge on any atom is -0.478 e. The Morgan fingerprint density at radius 3 is 2.68 bits per heavy atom. The Kier molecular flexibility index (Phi) is 4.82. The molecule has 19 heavy (non-hydrogen) atoms. The van der Waals surface area contributed by atoms with E-state index in [0.717, 1.165) is 42.8 Å². The van der Waals surface area contributed by atoms with Crippen molar-refractivity contribution >= 4 is 27.6 Å². The summed E-state index contributed by atoms with van der Waals surface area (Å²) in [4.78, 5) is 13.4. The van der Waals surface area contributed by atoms with Gasteiger partial charge in [-0.2, -0.15) is 0 Å². The summed E-state index contributed by atoms with van der Waals surface area (Å²) in [5.41, 5.74) is 1.27. The van der Waals surface area contributed by atoms with Crippen LogP contribution in [0, 0.1) is 0 Å². The van der Waals surface area contributed by atoms with E-state index in [-0.39, 0.29) is 0 Å². The molecule has 104 valence electrons. The molecule has 1 aliphatic rings. The van der Waals surface area contributed by atoms with Crippen LogP contribution in [0.5, 0.6) is 0 Å². The van der Waals surface area contributed by atoms with Crippen molar-refractivity contribution in [1.29, 1.82) is 0 Å². The summed E-state index contributed by atoms with van der Waals surface area (Å²) >= 11 is 3.39. The first-order valence-corrected chi connectivity index (χ1v) is 7.29. The van der Waals surface area contributed by atoms with Gasteiger partial charge in [-0.25, -0.2) is 4.79 Å². The number of benzene rings is 1. The molecule has 0 amide bonds. The zero-order valence-electron chi connectivity index (χ0n) is 10.9. The van der Waals surface area contributed by atoms with Gasteiger partial charge < -0.3 is 14.7 Å². The third-order valence-electron chi connectivity index (χ3n) is 3.43. The van der Waals surface area contributed by atoms with Gasteiger partial charge >= 0.3 is 5.97 Å². The minimum absolute atomic E-state index is 0.315. The Morgan fingerprint density at radius 2 is 2.11 bits per heavy atom. The van der Waals surface area contributed by atoms with Crippen LogP contribution >= 0.6 is 15.9 Å². The topological polar surface area (TPSA) is 49.8 Å². The molecule has 0 radical (unpaired) electrons. The van der Waals surface area contributed by atoms with Crippen molar-refractivity contribution in [3.05, 3.63) is 28.2 Å². The third kappa shape index (κ3) is 3.48. The maximum Gasteiger partial charge on any atom is 0.335 e. The van der Waals surface area contributed by atoms with Gasteiger partial charge in [0.1, 0.15) is 0 Å². The van der Waals surface area contributed by atoms with Crippen LogP contribution < -0.4 is 4.90 Å². The summed E-state index contributed by atoms with van der Waals surface area (Å²) in [6, 6.07) is 5.77. The molecule has 0 aromatic heterocycles. The summed E-state index contributed by atoms with van der Waals surface area (Å²) in [5.74, 6) is -0.898. The first kappa shape index (κ1) is 14.3. The normalized spacial score (nSPS) is 16.3. The van der Waals surface area contributed by atoms with E-state index in [2.05, 4.69) is 27.8 Å². The highest BCUT2D eigenvalue weighted by molar-refractivity contribution is 9.10. The molecule has 1 aliphatic heterocycles. The maximum absolute atomic E-state index is 11.1. The fraction of sp³-hybridized carbons (Fsp3) is 0.500. The zero-order chi connectivity index (χ0) is 13.8. The summed E-state index contributed by atoms with van der Waals surface area (Å²) in [6.45, 7) is 4.51. The van der Waals surface area contributed by atoms with E-state index in [1.165, 1.54) is 0 Å². The lowest BCUT2D eigenvalue weighted by molar-refractivity contribution is 0.0696. The van der Waals surface area contributed by atoms with E-state index in [4.69, 9.17) is 9.84 Å². The second-order valence-corrected chi connectivity index (χ2v) is 5.55. The van der Waals surface area contributed by atoms with Gasteiger partial charge in [0.05, 0.1) is 5.56 Å². The van der Waals surface area contributed by atoms with Crippen LogP contribution in [-0.4, -0.2) is 36.9 Å². The van der Waals surface area contributed by atoms with Gasteiger partial charge in [0.25, 0.3) is 0 Å². The standard InChI is InChI=1S/C14H18BrNO3/c1-2-16(12-3-5-19-6-4-12)13-8-10(14(17)18)7-11(15)9-13/h7-9,12H,2-6H2,1H3,(H,17,18). The van der Waals surface area contributed by atoms with Crippen molar-refractivity contribution in [2.75, 3.05) is 24.7 Å². The van der Waals surface area contributed by atoms with Crippen LogP contribution in [0.1, 0.15) is 30.1 Å². The molecule has 0 bridgehead atoms. The second-order valence-electron chi connectivity index (χ2n) is 4.63. The van der Waals surface area contributed by atoms with Crippen molar-refractivity contribution in [2.24, 2.45) is 0 Å². The zero-order valence-corrected chi connectivity index (χ0v) is 12.5. The molecule has 1 saturated heterocycles. The van der Waals surface area contributed by atoms with Crippen molar-refractivity contribution in [3.8, 4) is 0 Å². The molecule has 1 N–H and O–H groups in total. The lowest BCUT2D eigenvalue weighted by Crippen LogP contribution is -2.39. The van der Waals surface area contributed by atoms with Crippen molar-refractivity contribution in [3.63, 3.8) is 0 Å². The fourth-order valence-corrected chi connectivity index (χ4v) is 2.99. The van der Waals surface area contributed by atoms with Gasteiger partial charge in [0.2, 0.25) is 0 Å². The molecule has 5 heteroatoms. The van der Waals surface area contributed by atoms with Crippen LogP contribution in [0.3, 0.4) is 0 Å². The van der Waals surface area contributed by atoms with Crippen molar-refractivity contribution < 1.29 is 14.6 Å². The van der Waals surface area contributed by atoms with E-state index in [0.29, 0.717) is 11.6 Å². The number of carboxylic acids is 1. The Morgan fingerprint density at radius 1 is 1.42 bits per heavy atom. The largest absolute Gasteiger partial charge is 0.478 e. The van der Waals surface area contributed by atoms with Gasteiger partial charge in [-0.1, -0.05) is 15.9 Å². The second kappa shape index (κ2) is 6.39. The number of hydrogen-bond donors (Lipinski definition) is 1. The molecule has 0 aliphatic carbocycles. The van der Waals surface area contributed by atoms with E-state index >= 15 is 0 Å². The number of anilines is 1. The van der Waals surface area contributed by atoms with Gasteiger partial charge in [-0.15, -0.1) is 0 Å². The lowest BCUT2D eigenvalue weighted by atomic mass is 10.1. The molecule has 1 fully saturated rings. The first-order chi connectivity index (χ1) is 9.11. The first-order valence-electron chi connectivity index (χ1n) is 6.50. The number of hydrogen-bond acceptors (Lipinski definition) is 3. The van der Waals surface area contributed by atoms with Gasteiger partial charge in [0, 0.05) is 36.0 Å². The van der Waals surface area contributed by atoms with Crippen molar-refractivity contribution in [1.82, 2.24) is 0 Å². The monoisotopic (exact) mass is 327 g/mol. The van der Waals surface area contributed by atoms with Crippen LogP contribution in [0.2, 0.25) is 0 Å². The molecule has 0 atom stereocenters. The predicted octanol–water partition coefficient (Wildman–Crippen LogP) is 3.15. The summed E-state index contributed by atoms with van der Waals surface area (Å²) < 4.78 is 6.18. The van der Waals surface area contributed by atoms with Crippen LogP contribution in [0.25, 0.3) is 0 Å². The number of halogens is 1. The molecule has 0 spiro atoms. The highest BCUT2D eigenvalue weighted by Gasteiger charge is 2.21. The summed E-state index contributed by atoms with van der Waals surface area (Å²) in [6.07, 6.45) is 1.98. The fourth-order valence-electron chi connectivity index (χ4n) is 2.51. The Bertz CT molecular complexity index is 458. The minimum atomic E-state index is -0.898. The molecule has 0 saturated carbocycles. The quantitative estimate of drug-likeness (QED) is 0.922. The van der Waals surface area contributed by atoms with Gasteiger partial charge in [-0.05, 0) is 38.0 Å². The molecule has 1 aromatic rings. The van der Waals surface area contributed by atoms with Crippen molar-refractivity contribution in [2.45, 2.75) is 25.8 Å². The number of carboxylic acid groups (broad SMARTS) is 1. The van der Waals surface area contributed by atoms with E-state index in [1.807, 2.05) is 6.07 Å². The molecular formula is C14H18BrNO3. The average molecular weight is 328 g/mol. The number of carbonyl (C=O) groups is 1. The summed E-state index contributed by atoms with van der Waals surface area (Å²) in [7, 11) is 0. The number of aromatic carboxylic acids is 1. The Hall–Kier alpha value is -1.07. The Balaban J connectivity index is 2.28. The molecule has 1 aromatic carbocycles. The van der Waals surface area contributed by atoms with E-state index in [1.54, 1.807) is 12.1 Å². The van der Waals surface area contributed by atoms with Crippen LogP contribution in [-0.2, 0) is 4.74 Å². The maximum atomic E-state index is 11.1. The average Bonchev–Trinajstić information content (AvgIpc) is 2.40. The highest BCUT2D eigenvalue weighted by Crippen LogP contribution is 2.27. The Labute approximate surface area is 121 Å². The van der Waals surface area contributed by atoms with E-state index < -0.39 is 5.97 Å².